The number of aliphatic hydroxyl groups is 2. The van der Waals surface area contributed by atoms with Gasteiger partial charge in [0.2, 0.25) is 0 Å². The van der Waals surface area contributed by atoms with Gasteiger partial charge >= 0.3 is 23.5 Å². The smallest absolute Gasteiger partial charge is 0.387 e. The third kappa shape index (κ3) is 7.00. The van der Waals surface area contributed by atoms with Gasteiger partial charge in [-0.25, -0.2) is 13.7 Å². The number of rotatable bonds is 10. The van der Waals surface area contributed by atoms with E-state index in [1.807, 2.05) is 5.32 Å². The first kappa shape index (κ1) is 26.8. The van der Waals surface area contributed by atoms with Crippen molar-refractivity contribution >= 4 is 47.0 Å². The highest BCUT2D eigenvalue weighted by molar-refractivity contribution is 8.04. The molecule has 2 aliphatic rings. The molecule has 0 radical (unpaired) electrons. The zero-order chi connectivity index (χ0) is 23.8. The van der Waals surface area contributed by atoms with Crippen LogP contribution in [0.25, 0.3) is 0 Å². The average molecular weight is 529 g/mol. The van der Waals surface area contributed by atoms with Crippen molar-refractivity contribution in [3.8, 4) is 0 Å². The van der Waals surface area contributed by atoms with Crippen LogP contribution in [-0.4, -0.2) is 78.4 Å². The second-order valence-electron chi connectivity index (χ2n) is 5.92. The van der Waals surface area contributed by atoms with Gasteiger partial charge in [-0.2, -0.15) is 8.62 Å². The second kappa shape index (κ2) is 9.79. The minimum Gasteiger partial charge on any atom is -0.387 e. The summed E-state index contributed by atoms with van der Waals surface area (Å²) in [7, 11) is -16.8. The van der Waals surface area contributed by atoms with Gasteiger partial charge in [-0.05, 0) is 5.75 Å². The molecular formula is C11H18NO15P3S. The summed E-state index contributed by atoms with van der Waals surface area (Å²) in [5.74, 6) is -1.21. The standard InChI is InChI=1S/C11H18NO15P3S/c1-2-31-9-5(10(15)12-11(9)16)8-7(14)6(13)4(25-8)3-24-29(20,21)27-30(22,23)26-28(17,18)19/h4,6-8,13-14H,2-3H2,1H3,(H,20,21)(H,22,23)(H,12,15,16)(H2,17,18,19)/t4-,6-,7-,8+/m1/s1. The summed E-state index contributed by atoms with van der Waals surface area (Å²) in [5.41, 5.74) is -0.260. The summed E-state index contributed by atoms with van der Waals surface area (Å²) in [6.45, 7) is 0.648. The summed E-state index contributed by atoms with van der Waals surface area (Å²) in [6.07, 6.45) is -6.63. The van der Waals surface area contributed by atoms with Crippen molar-refractivity contribution in [3.63, 3.8) is 0 Å². The number of aliphatic hydroxyl groups excluding tert-OH is 2. The fourth-order valence-corrected chi connectivity index (χ4v) is 6.46. The van der Waals surface area contributed by atoms with Gasteiger partial charge in [-0.3, -0.25) is 19.4 Å². The molecule has 0 aromatic rings. The van der Waals surface area contributed by atoms with E-state index < -0.39 is 66.3 Å². The third-order valence-corrected chi connectivity index (χ3v) is 8.46. The third-order valence-electron chi connectivity index (χ3n) is 3.68. The Balaban J connectivity index is 2.10. The molecule has 0 aliphatic carbocycles. The van der Waals surface area contributed by atoms with Crippen LogP contribution in [0.5, 0.6) is 0 Å². The number of carbonyl (C=O) groups excluding carboxylic acids is 2. The molecule has 2 aliphatic heterocycles. The van der Waals surface area contributed by atoms with Crippen LogP contribution in [0.4, 0.5) is 0 Å². The molecule has 0 spiro atoms. The molecular weight excluding hydrogens is 511 g/mol. The van der Waals surface area contributed by atoms with Gasteiger partial charge < -0.3 is 34.5 Å². The number of nitrogens with one attached hydrogen (secondary N) is 1. The molecule has 0 saturated carbocycles. The fourth-order valence-electron chi connectivity index (χ4n) is 2.59. The van der Waals surface area contributed by atoms with Gasteiger partial charge in [0.15, 0.2) is 0 Å². The molecule has 0 aromatic carbocycles. The lowest BCUT2D eigenvalue weighted by atomic mass is 10.0. The van der Waals surface area contributed by atoms with Crippen LogP contribution in [0.15, 0.2) is 10.5 Å². The van der Waals surface area contributed by atoms with Crippen LogP contribution in [0.1, 0.15) is 6.92 Å². The first-order valence-electron chi connectivity index (χ1n) is 8.09. The number of thioether (sulfide) groups is 1. The topological polar surface area (TPSA) is 256 Å². The monoisotopic (exact) mass is 529 g/mol. The lowest BCUT2D eigenvalue weighted by Crippen LogP contribution is -2.36. The largest absolute Gasteiger partial charge is 0.490 e. The van der Waals surface area contributed by atoms with E-state index in [1.54, 1.807) is 6.92 Å². The first-order valence-corrected chi connectivity index (χ1v) is 13.6. The zero-order valence-corrected chi connectivity index (χ0v) is 18.8. The number of phosphoric ester groups is 1. The molecule has 0 aromatic heterocycles. The van der Waals surface area contributed by atoms with Crippen molar-refractivity contribution in [2.45, 2.75) is 31.3 Å². The van der Waals surface area contributed by atoms with Crippen molar-refractivity contribution < 1.29 is 71.0 Å². The minimum absolute atomic E-state index is 0.0442. The molecule has 2 unspecified atom stereocenters. The Morgan fingerprint density at radius 3 is 2.16 bits per heavy atom. The molecule has 0 bridgehead atoms. The molecule has 6 atom stereocenters. The number of carbonyl (C=O) groups is 2. The van der Waals surface area contributed by atoms with Crippen LogP contribution in [0, 0.1) is 0 Å². The van der Waals surface area contributed by atoms with Crippen LogP contribution >= 0.6 is 35.2 Å². The Morgan fingerprint density at radius 1 is 1.00 bits per heavy atom. The van der Waals surface area contributed by atoms with Gasteiger partial charge in [0, 0.05) is 0 Å². The minimum atomic E-state index is -5.74. The predicted molar refractivity (Wildman–Crippen MR) is 98.8 cm³/mol. The number of amides is 2. The second-order valence-corrected chi connectivity index (χ2v) is 11.6. The first-order chi connectivity index (χ1) is 14.1. The number of ether oxygens (including phenoxy) is 1. The van der Waals surface area contributed by atoms with Crippen molar-refractivity contribution in [1.29, 1.82) is 0 Å². The Labute approximate surface area is 178 Å². The van der Waals surface area contributed by atoms with E-state index in [2.05, 4.69) is 13.1 Å². The van der Waals surface area contributed by atoms with Crippen molar-refractivity contribution in [2.75, 3.05) is 12.4 Å². The highest BCUT2D eigenvalue weighted by Gasteiger charge is 2.50. The summed E-state index contributed by atoms with van der Waals surface area (Å²) in [5, 5.41) is 22.3. The Kier molecular flexibility index (Phi) is 8.46. The zero-order valence-electron chi connectivity index (χ0n) is 15.3. The number of phosphoric acid groups is 3. The summed E-state index contributed by atoms with van der Waals surface area (Å²) in [4.78, 5) is 59.4. The molecule has 178 valence electrons. The van der Waals surface area contributed by atoms with E-state index in [1.165, 1.54) is 0 Å². The molecule has 20 heteroatoms. The Morgan fingerprint density at radius 2 is 1.61 bits per heavy atom. The molecule has 31 heavy (non-hydrogen) atoms. The lowest BCUT2D eigenvalue weighted by molar-refractivity contribution is -0.124. The van der Waals surface area contributed by atoms with E-state index in [4.69, 9.17) is 19.4 Å². The van der Waals surface area contributed by atoms with E-state index >= 15 is 0 Å². The summed E-state index contributed by atoms with van der Waals surface area (Å²) in [6, 6.07) is 0. The molecule has 2 amide bonds. The lowest BCUT2D eigenvalue weighted by Gasteiger charge is -2.19. The Bertz CT molecular complexity index is 916. The van der Waals surface area contributed by atoms with Gasteiger partial charge in [0.1, 0.15) is 24.4 Å². The maximum Gasteiger partial charge on any atom is 0.490 e. The molecule has 2 rings (SSSR count). The van der Waals surface area contributed by atoms with Crippen molar-refractivity contribution in [3.05, 3.63) is 10.5 Å². The van der Waals surface area contributed by atoms with Crippen molar-refractivity contribution in [2.24, 2.45) is 0 Å². The molecule has 1 fully saturated rings. The molecule has 16 nitrogen and oxygen atoms in total. The number of hydrogen-bond acceptors (Lipinski definition) is 12. The highest BCUT2D eigenvalue weighted by atomic mass is 32.2. The van der Waals surface area contributed by atoms with Gasteiger partial charge in [-0.15, -0.1) is 11.8 Å². The van der Waals surface area contributed by atoms with Gasteiger partial charge in [0.25, 0.3) is 11.8 Å². The maximum absolute atomic E-state index is 12.1. The molecule has 7 N–H and O–H groups in total. The molecule has 2 heterocycles. The predicted octanol–water partition coefficient (Wildman–Crippen LogP) is -1.52. The van der Waals surface area contributed by atoms with Crippen LogP contribution in [0.3, 0.4) is 0 Å². The van der Waals surface area contributed by atoms with Crippen LogP contribution in [-0.2, 0) is 41.2 Å². The average Bonchev–Trinajstić information content (AvgIpc) is 2.99. The van der Waals surface area contributed by atoms with Gasteiger partial charge in [0.05, 0.1) is 17.1 Å². The van der Waals surface area contributed by atoms with Gasteiger partial charge in [-0.1, -0.05) is 6.92 Å². The van der Waals surface area contributed by atoms with Crippen molar-refractivity contribution in [1.82, 2.24) is 5.32 Å². The summed E-state index contributed by atoms with van der Waals surface area (Å²) >= 11 is 0.980. The highest BCUT2D eigenvalue weighted by Crippen LogP contribution is 2.66. The quantitative estimate of drug-likeness (QED) is 0.125. The number of hydrogen-bond donors (Lipinski definition) is 7. The maximum atomic E-state index is 12.1. The van der Waals surface area contributed by atoms with E-state index in [-0.39, 0.29) is 10.5 Å². The number of imide groups is 1. The SMILES string of the molecule is CCSC1=C([C@@H]2O[C@H](COP(=O)(O)OP(=O)(O)OP(=O)(O)O)[C@@H](O)[C@H]2O)C(=O)NC1=O. The van der Waals surface area contributed by atoms with E-state index in [0.29, 0.717) is 5.75 Å². The van der Waals surface area contributed by atoms with Crippen LogP contribution < -0.4 is 5.32 Å². The van der Waals surface area contributed by atoms with E-state index in [9.17, 15) is 38.4 Å². The van der Waals surface area contributed by atoms with E-state index in [0.717, 1.165) is 11.8 Å². The summed E-state index contributed by atoms with van der Waals surface area (Å²) < 4.78 is 50.4. The Hall–Kier alpha value is -0.480. The van der Waals surface area contributed by atoms with Crippen LogP contribution in [0.2, 0.25) is 0 Å². The molecule has 1 saturated heterocycles. The fraction of sp³-hybridized carbons (Fsp3) is 0.636. The normalized spacial score (nSPS) is 30.9.